The van der Waals surface area contributed by atoms with Gasteiger partial charge in [-0.05, 0) is 37.8 Å². The monoisotopic (exact) mass is 420 g/mol. The summed E-state index contributed by atoms with van der Waals surface area (Å²) in [6.45, 7) is 7.89. The van der Waals surface area contributed by atoms with Gasteiger partial charge in [-0.1, -0.05) is 36.7 Å². The van der Waals surface area contributed by atoms with Crippen molar-refractivity contribution in [2.75, 3.05) is 26.3 Å². The van der Waals surface area contributed by atoms with Crippen LogP contribution < -0.4 is 10.6 Å². The number of aromatic nitrogens is 1. The average Bonchev–Trinajstić information content (AvgIpc) is 3.19. The summed E-state index contributed by atoms with van der Waals surface area (Å²) >= 11 is 8.29. The maximum atomic E-state index is 6.56. The van der Waals surface area contributed by atoms with Crippen molar-refractivity contribution in [3.8, 4) is 0 Å². The third-order valence-corrected chi connectivity index (χ3v) is 6.61. The van der Waals surface area contributed by atoms with Crippen LogP contribution >= 0.6 is 22.9 Å². The number of benzene rings is 1. The predicted octanol–water partition coefficient (Wildman–Crippen LogP) is 4.16. The number of hydrogen-bond acceptors (Lipinski definition) is 4. The van der Waals surface area contributed by atoms with Crippen LogP contribution in [-0.2, 0) is 23.1 Å². The minimum atomic E-state index is -0.0522. The molecule has 28 heavy (non-hydrogen) atoms. The molecule has 0 bridgehead atoms. The quantitative estimate of drug-likeness (QED) is 0.521. The average molecular weight is 421 g/mol. The Morgan fingerprint density at radius 2 is 2.04 bits per heavy atom. The second-order valence-electron chi connectivity index (χ2n) is 7.00. The van der Waals surface area contributed by atoms with E-state index in [0.717, 1.165) is 61.6 Å². The van der Waals surface area contributed by atoms with E-state index in [1.54, 1.807) is 11.3 Å². The number of nitrogens with zero attached hydrogens (tertiary/aromatic N) is 2. The lowest BCUT2D eigenvalue weighted by molar-refractivity contribution is 0.0514. The first-order valence-electron chi connectivity index (χ1n) is 9.95. The summed E-state index contributed by atoms with van der Waals surface area (Å²) in [6, 6.07) is 8.16. The van der Waals surface area contributed by atoms with Crippen molar-refractivity contribution in [3.05, 3.63) is 50.9 Å². The fourth-order valence-corrected chi connectivity index (χ4v) is 4.64. The molecule has 0 saturated carbocycles. The molecule has 1 aliphatic rings. The molecule has 1 saturated heterocycles. The third-order valence-electron chi connectivity index (χ3n) is 5.16. The van der Waals surface area contributed by atoms with E-state index < -0.39 is 0 Å². The highest BCUT2D eigenvalue weighted by Crippen LogP contribution is 2.38. The molecule has 1 fully saturated rings. The van der Waals surface area contributed by atoms with Crippen molar-refractivity contribution in [3.63, 3.8) is 0 Å². The van der Waals surface area contributed by atoms with E-state index in [4.69, 9.17) is 21.3 Å². The summed E-state index contributed by atoms with van der Waals surface area (Å²) in [5.41, 5.74) is 1.14. The van der Waals surface area contributed by atoms with Gasteiger partial charge in [-0.15, -0.1) is 11.3 Å². The van der Waals surface area contributed by atoms with Crippen LogP contribution in [0.3, 0.4) is 0 Å². The molecule has 0 atom stereocenters. The van der Waals surface area contributed by atoms with Crippen LogP contribution in [0.4, 0.5) is 0 Å². The number of thiazole rings is 1. The third kappa shape index (κ3) is 5.25. The minimum absolute atomic E-state index is 0.0522. The highest BCUT2D eigenvalue weighted by Gasteiger charge is 2.36. The number of halogens is 1. The van der Waals surface area contributed by atoms with Gasteiger partial charge in [0.15, 0.2) is 5.96 Å². The number of rotatable bonds is 7. The number of aryl methyl sites for hydroxylation is 1. The number of ether oxygens (including phenoxy) is 1. The molecule has 3 rings (SSSR count). The van der Waals surface area contributed by atoms with Crippen LogP contribution in [0.5, 0.6) is 0 Å². The van der Waals surface area contributed by atoms with Gasteiger partial charge in [0.2, 0.25) is 0 Å². The normalized spacial score (nSPS) is 16.8. The second kappa shape index (κ2) is 10.2. The topological polar surface area (TPSA) is 58.5 Å². The van der Waals surface area contributed by atoms with Crippen molar-refractivity contribution in [1.29, 1.82) is 0 Å². The lowest BCUT2D eigenvalue weighted by Crippen LogP contribution is -2.48. The van der Waals surface area contributed by atoms with E-state index in [0.29, 0.717) is 6.54 Å². The molecule has 0 radical (unpaired) electrons. The van der Waals surface area contributed by atoms with E-state index in [-0.39, 0.29) is 5.41 Å². The molecule has 1 aromatic heterocycles. The molecule has 152 valence electrons. The molecule has 7 heteroatoms. The Labute approximate surface area is 176 Å². The first-order chi connectivity index (χ1) is 13.7. The SMILES string of the molecule is CCNC(=NCc1ncc(CC)s1)NCC1(c2ccccc2Cl)CCOCC1. The van der Waals surface area contributed by atoms with E-state index >= 15 is 0 Å². The lowest BCUT2D eigenvalue weighted by atomic mass is 9.74. The Hall–Kier alpha value is -1.63. The van der Waals surface area contributed by atoms with Crippen molar-refractivity contribution in [2.24, 2.45) is 4.99 Å². The van der Waals surface area contributed by atoms with Gasteiger partial charge in [-0.2, -0.15) is 0 Å². The van der Waals surface area contributed by atoms with E-state index in [2.05, 4.69) is 41.6 Å². The summed E-state index contributed by atoms with van der Waals surface area (Å²) in [7, 11) is 0. The zero-order valence-corrected chi connectivity index (χ0v) is 18.2. The summed E-state index contributed by atoms with van der Waals surface area (Å²) in [5.74, 6) is 0.814. The second-order valence-corrected chi connectivity index (χ2v) is 8.60. The van der Waals surface area contributed by atoms with Gasteiger partial charge in [0, 0.05) is 47.8 Å². The molecule has 0 aliphatic carbocycles. The van der Waals surface area contributed by atoms with Crippen LogP contribution in [0.2, 0.25) is 5.02 Å². The maximum absolute atomic E-state index is 6.56. The molecule has 5 nitrogen and oxygen atoms in total. The molecule has 0 spiro atoms. The molecule has 2 heterocycles. The Bertz CT molecular complexity index is 786. The van der Waals surface area contributed by atoms with Crippen LogP contribution in [0.25, 0.3) is 0 Å². The van der Waals surface area contributed by atoms with E-state index in [1.807, 2.05) is 18.3 Å². The fourth-order valence-electron chi connectivity index (χ4n) is 3.52. The predicted molar refractivity (Wildman–Crippen MR) is 117 cm³/mol. The molecule has 0 amide bonds. The van der Waals surface area contributed by atoms with Crippen molar-refractivity contribution < 1.29 is 4.74 Å². The smallest absolute Gasteiger partial charge is 0.191 e. The van der Waals surface area contributed by atoms with Crippen LogP contribution in [0, 0.1) is 0 Å². The van der Waals surface area contributed by atoms with Gasteiger partial charge in [0.25, 0.3) is 0 Å². The summed E-state index contributed by atoms with van der Waals surface area (Å²) in [4.78, 5) is 10.5. The number of aliphatic imine (C=N–C) groups is 1. The van der Waals surface area contributed by atoms with Crippen LogP contribution in [-0.4, -0.2) is 37.2 Å². The highest BCUT2D eigenvalue weighted by atomic mass is 35.5. The summed E-state index contributed by atoms with van der Waals surface area (Å²) in [5, 5.41) is 8.76. The zero-order chi connectivity index (χ0) is 19.8. The Morgan fingerprint density at radius 3 is 2.71 bits per heavy atom. The molecule has 2 aromatic rings. The standard InChI is InChI=1S/C21H29ClN4OS/c1-3-16-13-24-19(28-16)14-25-20(23-4-2)26-15-21(9-11-27-12-10-21)17-7-5-6-8-18(17)22/h5-8,13H,3-4,9-12,14-15H2,1-2H3,(H2,23,25,26). The largest absolute Gasteiger partial charge is 0.381 e. The Morgan fingerprint density at radius 1 is 1.25 bits per heavy atom. The van der Waals surface area contributed by atoms with Gasteiger partial charge in [-0.25, -0.2) is 9.98 Å². The van der Waals surface area contributed by atoms with Crippen molar-refractivity contribution in [1.82, 2.24) is 15.6 Å². The molecular weight excluding hydrogens is 392 g/mol. The number of hydrogen-bond donors (Lipinski definition) is 2. The Balaban J connectivity index is 1.73. The van der Waals surface area contributed by atoms with Gasteiger partial charge >= 0.3 is 0 Å². The van der Waals surface area contributed by atoms with Gasteiger partial charge in [0.05, 0.1) is 6.54 Å². The number of nitrogens with one attached hydrogen (secondary N) is 2. The number of guanidine groups is 1. The fraction of sp³-hybridized carbons (Fsp3) is 0.524. The van der Waals surface area contributed by atoms with Gasteiger partial charge < -0.3 is 15.4 Å². The molecule has 1 aliphatic heterocycles. The first kappa shape index (κ1) is 21.1. The van der Waals surface area contributed by atoms with Crippen LogP contribution in [0.15, 0.2) is 35.5 Å². The van der Waals surface area contributed by atoms with Gasteiger partial charge in [0.1, 0.15) is 5.01 Å². The maximum Gasteiger partial charge on any atom is 0.191 e. The zero-order valence-electron chi connectivity index (χ0n) is 16.6. The lowest BCUT2D eigenvalue weighted by Gasteiger charge is -2.38. The van der Waals surface area contributed by atoms with Crippen molar-refractivity contribution in [2.45, 2.75) is 45.1 Å². The molecule has 0 unspecified atom stereocenters. The minimum Gasteiger partial charge on any atom is -0.381 e. The van der Waals surface area contributed by atoms with Crippen molar-refractivity contribution >= 4 is 28.9 Å². The van der Waals surface area contributed by atoms with E-state index in [9.17, 15) is 0 Å². The van der Waals surface area contributed by atoms with Crippen LogP contribution in [0.1, 0.15) is 42.1 Å². The first-order valence-corrected chi connectivity index (χ1v) is 11.1. The summed E-state index contributed by atoms with van der Waals surface area (Å²) in [6.07, 6.45) is 4.84. The Kier molecular flexibility index (Phi) is 7.71. The molecular formula is C21H29ClN4OS. The highest BCUT2D eigenvalue weighted by molar-refractivity contribution is 7.11. The van der Waals surface area contributed by atoms with E-state index in [1.165, 1.54) is 10.4 Å². The molecule has 2 N–H and O–H groups in total. The summed E-state index contributed by atoms with van der Waals surface area (Å²) < 4.78 is 5.64. The molecule has 1 aromatic carbocycles. The van der Waals surface area contributed by atoms with Gasteiger partial charge in [-0.3, -0.25) is 0 Å².